The van der Waals surface area contributed by atoms with Crippen LogP contribution in [0.25, 0.3) is 0 Å². The molecule has 0 saturated carbocycles. The minimum atomic E-state index is 0. The van der Waals surface area contributed by atoms with Crippen molar-refractivity contribution in [1.29, 1.82) is 0 Å². The molecule has 2 N–H and O–H groups in total. The smallest absolute Gasteiger partial charge is 0.665 e. The molecule has 0 spiro atoms. The number of aliphatic hydroxyl groups excluding tert-OH is 2. The summed E-state index contributed by atoms with van der Waals surface area (Å²) < 4.78 is 0. The van der Waals surface area contributed by atoms with Gasteiger partial charge in [-0.15, -0.1) is 0 Å². The molecule has 0 rings (SSSR count). The summed E-state index contributed by atoms with van der Waals surface area (Å²) in [6.07, 6.45) is 0. The molecule has 0 atom stereocenters. The molecule has 0 aliphatic carbocycles. The van der Waals surface area contributed by atoms with Crippen LogP contribution in [0.15, 0.2) is 0 Å². The molecule has 0 aliphatic heterocycles. The van der Waals surface area contributed by atoms with Gasteiger partial charge in [-0.1, -0.05) is 12.9 Å². The van der Waals surface area contributed by atoms with Crippen LogP contribution in [0.5, 0.6) is 0 Å². The van der Waals surface area contributed by atoms with Crippen LogP contribution in [0.4, 0.5) is 0 Å². The van der Waals surface area contributed by atoms with Gasteiger partial charge in [0.05, 0.1) is 0 Å². The Morgan fingerprint density at radius 1 is 1.00 bits per heavy atom. The van der Waals surface area contributed by atoms with Gasteiger partial charge in [0.25, 0.3) is 0 Å². The molecule has 0 saturated heterocycles. The van der Waals surface area contributed by atoms with E-state index >= 15 is 0 Å². The normalized spacial score (nSPS) is 3.43. The topological polar surface area (TPSA) is 74.6 Å². The summed E-state index contributed by atoms with van der Waals surface area (Å²) in [5, 5.41) is 13.5. The number of hydrogen-bond donors (Lipinski definition) is 2. The molecule has 0 radical (unpaired) electrons. The molecule has 0 bridgehead atoms. The van der Waals surface area contributed by atoms with Crippen molar-refractivity contribution in [3.05, 3.63) is 0 Å². The molecule has 0 heterocycles. The Bertz CT molecular complexity index is 30.7. The minimum Gasteiger partial charge on any atom is -0.665 e. The van der Waals surface area contributed by atoms with Gasteiger partial charge in [0.15, 0.2) is 0 Å². The first-order valence-electron chi connectivity index (χ1n) is 0.855. The van der Waals surface area contributed by atoms with Crippen molar-refractivity contribution in [3.63, 3.8) is 0 Å². The molecule has 0 aromatic carbocycles. The first kappa shape index (κ1) is 16.0. The van der Waals surface area contributed by atoms with Crippen molar-refractivity contribution in [2.75, 3.05) is 0 Å². The third-order valence-corrected chi connectivity index (χ3v) is 0. The SMILES string of the molecule is O=[C-]O.O=[C-]O.[Pd+2]. The average molecular weight is 196 g/mol. The van der Waals surface area contributed by atoms with Gasteiger partial charge in [0, 0.05) is 0 Å². The van der Waals surface area contributed by atoms with E-state index in [0.29, 0.717) is 12.9 Å². The zero-order chi connectivity index (χ0) is 5.41. The predicted molar refractivity (Wildman–Crippen MR) is 16.6 cm³/mol. The Balaban J connectivity index is -0.0000000400. The van der Waals surface area contributed by atoms with Crippen molar-refractivity contribution in [1.82, 2.24) is 0 Å². The zero-order valence-corrected chi connectivity index (χ0v) is 4.58. The first-order chi connectivity index (χ1) is 2.83. The van der Waals surface area contributed by atoms with Crippen LogP contribution in [-0.2, 0) is 30.0 Å². The second-order valence-electron chi connectivity index (χ2n) is 0.183. The maximum absolute atomic E-state index is 8.24. The third kappa shape index (κ3) is 460. The van der Waals surface area contributed by atoms with Crippen molar-refractivity contribution in [2.45, 2.75) is 0 Å². The molecular formula is C2H2O4Pd. The molecule has 0 aliphatic rings. The van der Waals surface area contributed by atoms with Crippen LogP contribution in [0.1, 0.15) is 0 Å². The van der Waals surface area contributed by atoms with Gasteiger partial charge in [0.2, 0.25) is 0 Å². The van der Waals surface area contributed by atoms with E-state index in [1.165, 1.54) is 0 Å². The van der Waals surface area contributed by atoms with Crippen LogP contribution in [-0.4, -0.2) is 23.2 Å². The largest absolute Gasteiger partial charge is 2.00 e. The Hall–Kier alpha value is -0.398. The number of hydrogen-bond acceptors (Lipinski definition) is 2. The summed E-state index contributed by atoms with van der Waals surface area (Å²) >= 11 is 0. The van der Waals surface area contributed by atoms with Gasteiger partial charge in [-0.25, -0.2) is 0 Å². The van der Waals surface area contributed by atoms with E-state index in [1.54, 1.807) is 0 Å². The molecule has 44 valence electrons. The molecule has 0 unspecified atom stereocenters. The zero-order valence-electron chi connectivity index (χ0n) is 3.03. The van der Waals surface area contributed by atoms with Crippen LogP contribution in [0, 0.1) is 0 Å². The summed E-state index contributed by atoms with van der Waals surface area (Å²) in [4.78, 5) is 16.5. The molecular weight excluding hydrogens is 194 g/mol. The van der Waals surface area contributed by atoms with Crippen molar-refractivity contribution in [3.8, 4) is 0 Å². The van der Waals surface area contributed by atoms with Gasteiger partial charge in [-0.3, -0.25) is 0 Å². The summed E-state index contributed by atoms with van der Waals surface area (Å²) in [6, 6.07) is 0. The van der Waals surface area contributed by atoms with Gasteiger partial charge in [0.1, 0.15) is 0 Å². The van der Waals surface area contributed by atoms with Crippen LogP contribution in [0.3, 0.4) is 0 Å². The van der Waals surface area contributed by atoms with E-state index in [1.807, 2.05) is 0 Å². The molecule has 0 amide bonds. The molecule has 7 heavy (non-hydrogen) atoms. The standard InChI is InChI=1S/2CHO2.Pd/c2*2-1-3;/h2*(H,2,3);/q2*-1;+2. The van der Waals surface area contributed by atoms with E-state index in [2.05, 4.69) is 0 Å². The third-order valence-electron chi connectivity index (χ3n) is 0. The molecule has 4 nitrogen and oxygen atoms in total. The van der Waals surface area contributed by atoms with Crippen LogP contribution in [0.2, 0.25) is 0 Å². The van der Waals surface area contributed by atoms with Crippen molar-refractivity contribution < 1.29 is 40.2 Å². The quantitative estimate of drug-likeness (QED) is 0.394. The summed E-state index contributed by atoms with van der Waals surface area (Å²) in [5.41, 5.74) is 0. The fourth-order valence-electron chi connectivity index (χ4n) is 0. The summed E-state index contributed by atoms with van der Waals surface area (Å²) in [7, 11) is 0. The van der Waals surface area contributed by atoms with E-state index < -0.39 is 0 Å². The molecule has 0 fully saturated rings. The van der Waals surface area contributed by atoms with Crippen LogP contribution < -0.4 is 0 Å². The minimum absolute atomic E-state index is 0. The Morgan fingerprint density at radius 2 is 1.00 bits per heavy atom. The molecule has 0 aromatic rings. The van der Waals surface area contributed by atoms with E-state index in [0.717, 1.165) is 0 Å². The van der Waals surface area contributed by atoms with E-state index in [4.69, 9.17) is 19.8 Å². The van der Waals surface area contributed by atoms with Crippen LogP contribution >= 0.6 is 0 Å². The second-order valence-corrected chi connectivity index (χ2v) is 0.183. The maximum Gasteiger partial charge on any atom is 2.00 e. The van der Waals surface area contributed by atoms with Gasteiger partial charge in [-0.2, -0.15) is 0 Å². The van der Waals surface area contributed by atoms with Crippen molar-refractivity contribution in [2.24, 2.45) is 0 Å². The summed E-state index contributed by atoms with van der Waals surface area (Å²) in [5.74, 6) is 0. The number of rotatable bonds is 0. The predicted octanol–water partition coefficient (Wildman–Crippen LogP) is -0.779. The van der Waals surface area contributed by atoms with E-state index in [9.17, 15) is 0 Å². The Morgan fingerprint density at radius 3 is 1.00 bits per heavy atom. The monoisotopic (exact) mass is 196 g/mol. The average Bonchev–Trinajstić information content (AvgIpc) is 1.39. The first-order valence-corrected chi connectivity index (χ1v) is 0.855. The fourth-order valence-corrected chi connectivity index (χ4v) is 0. The Kier molecular flexibility index (Phi) is 105. The summed E-state index contributed by atoms with van der Waals surface area (Å²) in [6.45, 7) is 1.00. The molecule has 0 aromatic heterocycles. The van der Waals surface area contributed by atoms with Gasteiger partial charge >= 0.3 is 20.4 Å². The van der Waals surface area contributed by atoms with Crippen molar-refractivity contribution >= 4 is 12.9 Å². The van der Waals surface area contributed by atoms with Gasteiger partial charge < -0.3 is 19.8 Å². The second kappa shape index (κ2) is 46.2. The maximum atomic E-state index is 8.24. The Labute approximate surface area is 53.8 Å². The fraction of sp³-hybridized carbons (Fsp3) is 0. The van der Waals surface area contributed by atoms with E-state index in [-0.39, 0.29) is 20.4 Å². The van der Waals surface area contributed by atoms with Gasteiger partial charge in [-0.05, 0) is 0 Å². The molecule has 5 heteroatoms.